The van der Waals surface area contributed by atoms with Crippen LogP contribution in [0, 0.1) is 0 Å². The smallest absolute Gasteiger partial charge is 0.204 e. The normalized spacial score (nSPS) is 33.9. The van der Waals surface area contributed by atoms with E-state index in [1.165, 1.54) is 0 Å². The quantitative estimate of drug-likeness (QED) is 0.307. The van der Waals surface area contributed by atoms with Gasteiger partial charge in [0.25, 0.3) is 11.8 Å². The lowest BCUT2D eigenvalue weighted by atomic mass is 10.6. The zero-order valence-corrected chi connectivity index (χ0v) is 14.9. The third-order valence-corrected chi connectivity index (χ3v) is 17.7. The van der Waals surface area contributed by atoms with Crippen molar-refractivity contribution in [2.75, 3.05) is 6.16 Å². The minimum absolute atomic E-state index is 0.825. The van der Waals surface area contributed by atoms with E-state index in [1.807, 2.05) is 6.92 Å². The summed E-state index contributed by atoms with van der Waals surface area (Å²) in [6, 6.07) is 0. The minimum atomic E-state index is -2.68. The van der Waals surface area contributed by atoms with Crippen molar-refractivity contribution in [1.29, 1.82) is 0 Å². The molecule has 0 aromatic rings. The molecule has 14 heavy (non-hydrogen) atoms. The van der Waals surface area contributed by atoms with Crippen LogP contribution >= 0.6 is 83.7 Å². The molecule has 1 rings (SSSR count). The molecule has 0 N–H and O–H groups in total. The maximum atomic E-state index is 5.94. The molecule has 1 aliphatic rings. The van der Waals surface area contributed by atoms with Gasteiger partial charge in [0, 0.05) is 6.16 Å². The summed E-state index contributed by atoms with van der Waals surface area (Å²) in [5, 5.41) is 0. The molecule has 1 heterocycles. The number of nitrogens with zero attached hydrogens (tertiary/aromatic N) is 3. The maximum absolute atomic E-state index is 5.94. The highest BCUT2D eigenvalue weighted by Gasteiger charge is 2.30. The Kier molecular flexibility index (Phi) is 5.29. The van der Waals surface area contributed by atoms with E-state index in [9.17, 15) is 0 Å². The lowest BCUT2D eigenvalue weighted by Gasteiger charge is -2.21. The van der Waals surface area contributed by atoms with Crippen LogP contribution < -0.4 is 0 Å². The van der Waals surface area contributed by atoms with Gasteiger partial charge >= 0.3 is 0 Å². The molecule has 0 bridgehead atoms. The van der Waals surface area contributed by atoms with Crippen LogP contribution in [0.2, 0.25) is 0 Å². The Morgan fingerprint density at radius 2 is 1.50 bits per heavy atom. The fourth-order valence-electron chi connectivity index (χ4n) is 0.887. The molecule has 0 saturated heterocycles. The highest BCUT2D eigenvalue weighted by molar-refractivity contribution is 14.2. The molecule has 0 aromatic heterocycles. The fourth-order valence-corrected chi connectivity index (χ4v) is 26.6. The molecular formula is C3H7Cl4IN3P3. The summed E-state index contributed by atoms with van der Waals surface area (Å²) in [5.41, 5.74) is 0. The van der Waals surface area contributed by atoms with Gasteiger partial charge in [0.05, 0.1) is 0 Å². The van der Waals surface area contributed by atoms with E-state index in [0.29, 0.717) is 0 Å². The second kappa shape index (κ2) is 5.06. The van der Waals surface area contributed by atoms with Crippen molar-refractivity contribution in [2.45, 2.75) is 13.3 Å². The van der Waals surface area contributed by atoms with Crippen LogP contribution in [0.3, 0.4) is 0 Å². The van der Waals surface area contributed by atoms with E-state index in [1.54, 1.807) is 0 Å². The predicted molar refractivity (Wildman–Crippen MR) is 80.6 cm³/mol. The van der Waals surface area contributed by atoms with E-state index in [2.05, 4.69) is 35.6 Å². The van der Waals surface area contributed by atoms with Crippen molar-refractivity contribution >= 4 is 83.7 Å². The zero-order valence-electron chi connectivity index (χ0n) is 6.99. The van der Waals surface area contributed by atoms with Gasteiger partial charge in [0.15, 0.2) is 0 Å². The van der Waals surface area contributed by atoms with Crippen LogP contribution in [0.15, 0.2) is 13.5 Å². The first-order valence-corrected chi connectivity index (χ1v) is 15.2. The number of hydrogen-bond acceptors (Lipinski definition) is 3. The van der Waals surface area contributed by atoms with E-state index in [-0.39, 0.29) is 0 Å². The van der Waals surface area contributed by atoms with Crippen molar-refractivity contribution < 1.29 is 0 Å². The number of rotatable bonds is 2. The summed E-state index contributed by atoms with van der Waals surface area (Å²) >= 11 is 25.9. The molecule has 1 atom stereocenters. The zero-order chi connectivity index (χ0) is 11.0. The Bertz CT molecular complexity index is 386. The third kappa shape index (κ3) is 4.45. The lowest BCUT2D eigenvalue weighted by molar-refractivity contribution is 1.10. The van der Waals surface area contributed by atoms with Crippen molar-refractivity contribution in [3.05, 3.63) is 0 Å². The van der Waals surface area contributed by atoms with E-state index < -0.39 is 16.7 Å². The van der Waals surface area contributed by atoms with Crippen LogP contribution in [-0.2, 0) is 0 Å². The standard InChI is InChI=1S/C3H7Cl4IN3P3/c1-2-3-12(8)9-13(4,5)11-14(6,7)10-12/h2-3H2,1H3. The topological polar surface area (TPSA) is 37.1 Å². The van der Waals surface area contributed by atoms with Gasteiger partial charge < -0.3 is 0 Å². The second-order valence-corrected chi connectivity index (χ2v) is 19.6. The Hall–Kier alpha value is 2.58. The van der Waals surface area contributed by atoms with E-state index >= 15 is 0 Å². The van der Waals surface area contributed by atoms with Gasteiger partial charge in [-0.15, -0.1) is 0 Å². The molecule has 0 aromatic carbocycles. The van der Waals surface area contributed by atoms with Crippen LogP contribution in [0.4, 0.5) is 0 Å². The van der Waals surface area contributed by atoms with Crippen molar-refractivity contribution in [2.24, 2.45) is 13.5 Å². The molecule has 0 fully saturated rings. The van der Waals surface area contributed by atoms with Crippen molar-refractivity contribution in [1.82, 2.24) is 0 Å². The molecule has 0 radical (unpaired) electrons. The Labute approximate surface area is 116 Å². The van der Waals surface area contributed by atoms with Crippen LogP contribution in [-0.4, -0.2) is 6.16 Å². The second-order valence-electron chi connectivity index (χ2n) is 2.55. The first-order chi connectivity index (χ1) is 6.18. The van der Waals surface area contributed by atoms with Crippen molar-refractivity contribution in [3.8, 4) is 0 Å². The molecule has 3 nitrogen and oxygen atoms in total. The van der Waals surface area contributed by atoms with Crippen LogP contribution in [0.1, 0.15) is 13.3 Å². The fraction of sp³-hybridized carbons (Fsp3) is 1.00. The molecule has 0 amide bonds. The van der Waals surface area contributed by atoms with Crippen LogP contribution in [0.25, 0.3) is 0 Å². The molecule has 1 aliphatic heterocycles. The lowest BCUT2D eigenvalue weighted by Crippen LogP contribution is -1.78. The predicted octanol–water partition coefficient (Wildman–Crippen LogP) is 7.72. The average Bonchev–Trinajstić information content (AvgIpc) is 1.75. The summed E-state index contributed by atoms with van der Waals surface area (Å²) in [5.74, 6) is -5.36. The molecule has 0 spiro atoms. The summed E-state index contributed by atoms with van der Waals surface area (Å²) in [6.45, 7) is 2.04. The van der Waals surface area contributed by atoms with Gasteiger partial charge in [-0.3, -0.25) is 0 Å². The average molecular weight is 447 g/mol. The van der Waals surface area contributed by atoms with E-state index in [4.69, 9.17) is 45.0 Å². The molecule has 11 heteroatoms. The Morgan fingerprint density at radius 3 is 1.93 bits per heavy atom. The monoisotopic (exact) mass is 445 g/mol. The first-order valence-electron chi connectivity index (χ1n) is 3.57. The first kappa shape index (κ1) is 14.6. The van der Waals surface area contributed by atoms with Gasteiger partial charge in [-0.05, 0) is 73.4 Å². The summed E-state index contributed by atoms with van der Waals surface area (Å²) in [7, 11) is 0. The van der Waals surface area contributed by atoms with E-state index in [0.717, 1.165) is 12.6 Å². The van der Waals surface area contributed by atoms with Gasteiger partial charge in [0.1, 0.15) is 4.85 Å². The highest BCUT2D eigenvalue weighted by Crippen LogP contribution is 2.87. The Morgan fingerprint density at radius 1 is 1.00 bits per heavy atom. The van der Waals surface area contributed by atoms with Gasteiger partial charge in [-0.1, -0.05) is 6.92 Å². The highest BCUT2D eigenvalue weighted by atomic mass is 127. The summed E-state index contributed by atoms with van der Waals surface area (Å²) < 4.78 is 12.5. The Balaban J connectivity index is 3.33. The van der Waals surface area contributed by atoms with Gasteiger partial charge in [-0.25, -0.2) is 9.03 Å². The maximum Gasteiger partial charge on any atom is 0.256 e. The molecule has 0 aliphatic carbocycles. The SMILES string of the molecule is CCCP1(I)=NP(Cl)(Cl)=NP(Cl)(Cl)=N1. The van der Waals surface area contributed by atoms with Gasteiger partial charge in [0.2, 0.25) is 0 Å². The summed E-state index contributed by atoms with van der Waals surface area (Å²) in [6.07, 6.45) is 1.77. The number of halogens is 5. The molecule has 0 saturated carbocycles. The molecule has 84 valence electrons. The van der Waals surface area contributed by atoms with Gasteiger partial charge in [-0.2, -0.15) is 4.52 Å². The van der Waals surface area contributed by atoms with Crippen LogP contribution in [0.5, 0.6) is 0 Å². The molecular weight excluding hydrogens is 440 g/mol. The minimum Gasteiger partial charge on any atom is -0.204 e. The van der Waals surface area contributed by atoms with Crippen molar-refractivity contribution in [3.63, 3.8) is 0 Å². The molecule has 1 unspecified atom stereocenters. The largest absolute Gasteiger partial charge is 0.256 e. The third-order valence-electron chi connectivity index (χ3n) is 1.21. The number of hydrogen-bond donors (Lipinski definition) is 0. The summed E-state index contributed by atoms with van der Waals surface area (Å²) in [4.78, 5) is -1.91.